The number of hydrogen-bond acceptors (Lipinski definition) is 2. The molecule has 50 valence electrons. The fourth-order valence-electron chi connectivity index (χ4n) is 0.930. The van der Waals surface area contributed by atoms with E-state index < -0.39 is 0 Å². The van der Waals surface area contributed by atoms with E-state index in [9.17, 15) is 4.79 Å². The van der Waals surface area contributed by atoms with Crippen molar-refractivity contribution in [2.75, 3.05) is 20.1 Å². The summed E-state index contributed by atoms with van der Waals surface area (Å²) in [7, 11) is 1.98. The average Bonchev–Trinajstić information content (AvgIpc) is 2.15. The van der Waals surface area contributed by atoms with E-state index in [0.717, 1.165) is 25.3 Å². The molecule has 0 N–H and O–H groups in total. The highest BCUT2D eigenvalue weighted by molar-refractivity contribution is 5.78. The van der Waals surface area contributed by atoms with Crippen LogP contribution in [0.3, 0.4) is 0 Å². The molecule has 1 rings (SSSR count). The van der Waals surface area contributed by atoms with Gasteiger partial charge in [0.2, 0.25) is 0 Å². The summed E-state index contributed by atoms with van der Waals surface area (Å²) in [5.41, 5.74) is 0. The number of carbonyl (C=O) groups is 1. The van der Waals surface area contributed by atoms with Gasteiger partial charge in [0.15, 0.2) is 0 Å². The predicted octanol–water partition coefficient (Wildman–Crippen LogP) is -0.481. The highest BCUT2D eigenvalue weighted by Crippen LogP contribution is 1.94. The first-order chi connectivity index (χ1) is 4.25. The van der Waals surface area contributed by atoms with Gasteiger partial charge in [-0.15, -0.1) is 0 Å². The maximum atomic E-state index is 10.2. The zero-order valence-corrected chi connectivity index (χ0v) is 5.79. The Labute approximate surface area is 54.6 Å². The minimum absolute atomic E-state index is 0.839. The number of rotatable bonds is 1. The van der Waals surface area contributed by atoms with Crippen molar-refractivity contribution in [3.8, 4) is 0 Å². The van der Waals surface area contributed by atoms with Crippen LogP contribution in [-0.2, 0) is 4.79 Å². The SMILES string of the molecule is CC1=[N+](C=O)CCN1C. The Bertz CT molecular complexity index is 162. The number of amides is 1. The van der Waals surface area contributed by atoms with Crippen molar-refractivity contribution in [2.24, 2.45) is 0 Å². The van der Waals surface area contributed by atoms with Crippen LogP contribution in [0.1, 0.15) is 6.92 Å². The Morgan fingerprint density at radius 3 is 2.67 bits per heavy atom. The molecule has 3 heteroatoms. The van der Waals surface area contributed by atoms with Gasteiger partial charge in [-0.05, 0) is 0 Å². The molecule has 9 heavy (non-hydrogen) atoms. The van der Waals surface area contributed by atoms with Crippen LogP contribution in [0.4, 0.5) is 0 Å². The smallest absolute Gasteiger partial charge is 0.264 e. The maximum absolute atomic E-state index is 10.2. The minimum atomic E-state index is 0.839. The van der Waals surface area contributed by atoms with Gasteiger partial charge in [-0.25, -0.2) is 0 Å². The molecule has 0 bridgehead atoms. The van der Waals surface area contributed by atoms with E-state index in [2.05, 4.69) is 4.90 Å². The van der Waals surface area contributed by atoms with E-state index in [0.29, 0.717) is 0 Å². The van der Waals surface area contributed by atoms with Crippen molar-refractivity contribution >= 4 is 12.2 Å². The highest BCUT2D eigenvalue weighted by Gasteiger charge is 2.21. The van der Waals surface area contributed by atoms with Gasteiger partial charge in [0.05, 0.1) is 7.05 Å². The quantitative estimate of drug-likeness (QED) is 0.351. The number of amidine groups is 1. The molecule has 0 saturated carbocycles. The number of hydrogen-bond donors (Lipinski definition) is 0. The van der Waals surface area contributed by atoms with Crippen LogP contribution in [0.5, 0.6) is 0 Å². The number of likely N-dealkylation sites (N-methyl/N-ethyl adjacent to an activating group) is 1. The van der Waals surface area contributed by atoms with Crippen LogP contribution in [0.2, 0.25) is 0 Å². The van der Waals surface area contributed by atoms with Crippen molar-refractivity contribution in [2.45, 2.75) is 6.92 Å². The standard InChI is InChI=1S/C6H11N2O/c1-6-7(2)3-4-8(6)5-9/h5H,3-4H2,1-2H3/q+1. The van der Waals surface area contributed by atoms with Crippen LogP contribution < -0.4 is 0 Å². The van der Waals surface area contributed by atoms with Gasteiger partial charge in [0, 0.05) is 6.92 Å². The van der Waals surface area contributed by atoms with E-state index in [1.807, 2.05) is 14.0 Å². The first kappa shape index (κ1) is 6.26. The molecule has 1 aliphatic heterocycles. The lowest BCUT2D eigenvalue weighted by molar-refractivity contribution is -0.423. The van der Waals surface area contributed by atoms with Gasteiger partial charge in [0.25, 0.3) is 12.2 Å². The first-order valence-corrected chi connectivity index (χ1v) is 3.02. The third kappa shape index (κ3) is 0.943. The molecule has 0 aliphatic carbocycles. The molecule has 1 heterocycles. The monoisotopic (exact) mass is 127 g/mol. The zero-order chi connectivity index (χ0) is 6.85. The summed E-state index contributed by atoms with van der Waals surface area (Å²) >= 11 is 0. The second-order valence-corrected chi connectivity index (χ2v) is 2.27. The third-order valence-electron chi connectivity index (χ3n) is 1.77. The first-order valence-electron chi connectivity index (χ1n) is 3.02. The fraction of sp³-hybridized carbons (Fsp3) is 0.667. The maximum Gasteiger partial charge on any atom is 0.297 e. The van der Waals surface area contributed by atoms with Crippen LogP contribution in [0.25, 0.3) is 0 Å². The van der Waals surface area contributed by atoms with Gasteiger partial charge >= 0.3 is 0 Å². The van der Waals surface area contributed by atoms with Crippen molar-refractivity contribution in [1.82, 2.24) is 4.90 Å². The summed E-state index contributed by atoms with van der Waals surface area (Å²) in [5, 5.41) is 0. The Balaban J connectivity index is 2.79. The Kier molecular flexibility index (Phi) is 1.51. The van der Waals surface area contributed by atoms with Crippen molar-refractivity contribution in [1.29, 1.82) is 0 Å². The molecule has 0 saturated heterocycles. The molecule has 0 aromatic rings. The predicted molar refractivity (Wildman–Crippen MR) is 34.5 cm³/mol. The summed E-state index contributed by atoms with van der Waals surface area (Å²) in [6.45, 7) is 3.75. The van der Waals surface area contributed by atoms with E-state index in [-0.39, 0.29) is 0 Å². The summed E-state index contributed by atoms with van der Waals surface area (Å²) < 4.78 is 1.71. The second kappa shape index (κ2) is 2.17. The third-order valence-corrected chi connectivity index (χ3v) is 1.77. The molecule has 0 spiro atoms. The Morgan fingerprint density at radius 1 is 1.78 bits per heavy atom. The van der Waals surface area contributed by atoms with Crippen molar-refractivity contribution in [3.05, 3.63) is 0 Å². The largest absolute Gasteiger partial charge is 0.297 e. The molecular formula is C6H11N2O+. The zero-order valence-electron chi connectivity index (χ0n) is 5.79. The van der Waals surface area contributed by atoms with Crippen LogP contribution in [-0.4, -0.2) is 41.9 Å². The van der Waals surface area contributed by atoms with E-state index in [1.54, 1.807) is 4.58 Å². The topological polar surface area (TPSA) is 23.3 Å². The van der Waals surface area contributed by atoms with Crippen LogP contribution in [0, 0.1) is 0 Å². The van der Waals surface area contributed by atoms with Gasteiger partial charge < -0.3 is 0 Å². The number of carbonyl (C=O) groups excluding carboxylic acids is 1. The van der Waals surface area contributed by atoms with Gasteiger partial charge in [-0.2, -0.15) is 4.58 Å². The molecule has 0 radical (unpaired) electrons. The van der Waals surface area contributed by atoms with Gasteiger partial charge in [0.1, 0.15) is 13.1 Å². The normalized spacial score (nSPS) is 19.1. The lowest BCUT2D eigenvalue weighted by Gasteiger charge is -1.98. The molecule has 0 aromatic heterocycles. The highest BCUT2D eigenvalue weighted by atomic mass is 16.1. The van der Waals surface area contributed by atoms with Crippen molar-refractivity contribution in [3.63, 3.8) is 0 Å². The number of nitrogens with zero attached hydrogens (tertiary/aromatic N) is 2. The molecule has 0 aromatic carbocycles. The van der Waals surface area contributed by atoms with Crippen LogP contribution >= 0.6 is 0 Å². The molecule has 0 atom stereocenters. The van der Waals surface area contributed by atoms with Crippen molar-refractivity contribution < 1.29 is 9.37 Å². The fourth-order valence-corrected chi connectivity index (χ4v) is 0.930. The van der Waals surface area contributed by atoms with E-state index in [4.69, 9.17) is 0 Å². The molecule has 0 unspecified atom stereocenters. The summed E-state index contributed by atoms with van der Waals surface area (Å²) in [6.07, 6.45) is 0.874. The lowest BCUT2D eigenvalue weighted by atomic mass is 10.6. The van der Waals surface area contributed by atoms with Gasteiger partial charge in [-0.3, -0.25) is 9.69 Å². The molecule has 3 nitrogen and oxygen atoms in total. The van der Waals surface area contributed by atoms with Gasteiger partial charge in [-0.1, -0.05) is 0 Å². The molecule has 0 fully saturated rings. The van der Waals surface area contributed by atoms with Crippen LogP contribution in [0.15, 0.2) is 0 Å². The molecular weight excluding hydrogens is 116 g/mol. The second-order valence-electron chi connectivity index (χ2n) is 2.27. The Hall–Kier alpha value is -0.860. The van der Waals surface area contributed by atoms with E-state index >= 15 is 0 Å². The summed E-state index contributed by atoms with van der Waals surface area (Å²) in [5.74, 6) is 1.05. The average molecular weight is 127 g/mol. The summed E-state index contributed by atoms with van der Waals surface area (Å²) in [6, 6.07) is 0. The molecule has 1 amide bonds. The minimum Gasteiger partial charge on any atom is -0.264 e. The lowest BCUT2D eigenvalue weighted by Crippen LogP contribution is -2.21. The Morgan fingerprint density at radius 2 is 2.44 bits per heavy atom. The summed E-state index contributed by atoms with van der Waals surface area (Å²) in [4.78, 5) is 12.3. The molecule has 1 aliphatic rings. The van der Waals surface area contributed by atoms with E-state index in [1.165, 1.54) is 0 Å².